The van der Waals surface area contributed by atoms with Gasteiger partial charge in [0, 0.05) is 12.8 Å². The Balaban J connectivity index is 2.27. The van der Waals surface area contributed by atoms with Gasteiger partial charge in [-0.15, -0.1) is 0 Å². The third-order valence-corrected chi connectivity index (χ3v) is 11.1. The van der Waals surface area contributed by atoms with Gasteiger partial charge in [0.05, 0.1) is 40.0 Å². The molecular weight excluding hydrogens is 741 g/mol. The molecule has 0 radical (unpaired) electrons. The predicted octanol–water partition coefficient (Wildman–Crippen LogP) is 11.9. The molecule has 57 heavy (non-hydrogen) atoms. The molecule has 10 nitrogen and oxygen atoms in total. The molecule has 0 aromatic heterocycles. The summed E-state index contributed by atoms with van der Waals surface area (Å²) in [4.78, 5) is 35.4. The van der Waals surface area contributed by atoms with Crippen molar-refractivity contribution >= 4 is 19.8 Å². The van der Waals surface area contributed by atoms with Crippen LogP contribution in [0.2, 0.25) is 0 Å². The van der Waals surface area contributed by atoms with Crippen LogP contribution in [0.4, 0.5) is 0 Å². The summed E-state index contributed by atoms with van der Waals surface area (Å²) in [5.74, 6) is -0.828. The van der Waals surface area contributed by atoms with Crippen molar-refractivity contribution in [2.75, 3.05) is 47.5 Å². The first-order valence-corrected chi connectivity index (χ1v) is 24.3. The quantitative estimate of drug-likeness (QED) is 0.0161. The van der Waals surface area contributed by atoms with Crippen molar-refractivity contribution in [3.05, 3.63) is 36.5 Å². The number of nitrogens with zero attached hydrogens (tertiary/aromatic N) is 1. The first-order valence-electron chi connectivity index (χ1n) is 22.8. The summed E-state index contributed by atoms with van der Waals surface area (Å²) in [7, 11) is 1.45. The van der Waals surface area contributed by atoms with Gasteiger partial charge >= 0.3 is 19.8 Å². The van der Waals surface area contributed by atoms with Gasteiger partial charge in [0.2, 0.25) is 0 Å². The van der Waals surface area contributed by atoms with Crippen molar-refractivity contribution in [3.63, 3.8) is 0 Å². The Bertz CT molecular complexity index is 1140. The topological polar surface area (TPSA) is 121 Å². The summed E-state index contributed by atoms with van der Waals surface area (Å²) in [6.07, 6.45) is 40.7. The molecule has 1 fully saturated rings. The molecule has 1 aliphatic rings. The molecule has 332 valence electrons. The van der Waals surface area contributed by atoms with Crippen LogP contribution in [0.3, 0.4) is 0 Å². The largest absolute Gasteiger partial charge is 0.472 e. The number of allylic oxidation sites excluding steroid dienone is 5. The van der Waals surface area contributed by atoms with E-state index in [-0.39, 0.29) is 32.0 Å². The molecule has 0 aromatic rings. The van der Waals surface area contributed by atoms with E-state index in [1.807, 2.05) is 21.1 Å². The minimum Gasteiger partial charge on any atom is -0.462 e. The molecule has 11 heteroatoms. The Morgan fingerprint density at radius 2 is 1.18 bits per heavy atom. The number of carbonyl (C=O) groups is 2. The first kappa shape index (κ1) is 53.2. The average Bonchev–Trinajstić information content (AvgIpc) is 3.91. The molecular formula is C46H85NO9P+. The van der Waals surface area contributed by atoms with Crippen molar-refractivity contribution in [2.24, 2.45) is 0 Å². The Morgan fingerprint density at radius 1 is 0.649 bits per heavy atom. The van der Waals surface area contributed by atoms with Crippen LogP contribution in [0, 0.1) is 0 Å². The average molecular weight is 827 g/mol. The van der Waals surface area contributed by atoms with Crippen LogP contribution in [0.25, 0.3) is 0 Å². The van der Waals surface area contributed by atoms with Crippen molar-refractivity contribution in [3.8, 4) is 0 Å². The van der Waals surface area contributed by atoms with Gasteiger partial charge in [0.25, 0.3) is 0 Å². The lowest BCUT2D eigenvalue weighted by atomic mass is 10.1. The molecule has 0 spiro atoms. The van der Waals surface area contributed by atoms with Gasteiger partial charge in [-0.05, 0) is 70.6 Å². The van der Waals surface area contributed by atoms with Crippen LogP contribution in [-0.4, -0.2) is 87.1 Å². The number of epoxide rings is 1. The van der Waals surface area contributed by atoms with E-state index >= 15 is 0 Å². The van der Waals surface area contributed by atoms with E-state index < -0.39 is 26.5 Å². The Labute approximate surface area is 348 Å². The van der Waals surface area contributed by atoms with Gasteiger partial charge < -0.3 is 23.6 Å². The molecule has 1 aliphatic heterocycles. The molecule has 0 aliphatic carbocycles. The number of esters is 2. The Morgan fingerprint density at radius 3 is 1.77 bits per heavy atom. The molecule has 1 rings (SSSR count). The monoisotopic (exact) mass is 827 g/mol. The van der Waals surface area contributed by atoms with Crippen LogP contribution in [0.15, 0.2) is 36.5 Å². The van der Waals surface area contributed by atoms with Gasteiger partial charge in [-0.3, -0.25) is 18.6 Å². The predicted molar refractivity (Wildman–Crippen MR) is 233 cm³/mol. The zero-order valence-corrected chi connectivity index (χ0v) is 37.9. The number of hydrogen-bond acceptors (Lipinski definition) is 8. The van der Waals surface area contributed by atoms with Crippen LogP contribution in [0.1, 0.15) is 181 Å². The summed E-state index contributed by atoms with van der Waals surface area (Å²) in [5, 5.41) is 0. The number of ether oxygens (including phenoxy) is 3. The Hall–Kier alpha value is -1.81. The second-order valence-corrected chi connectivity index (χ2v) is 18.3. The molecule has 0 amide bonds. The van der Waals surface area contributed by atoms with E-state index in [1.165, 1.54) is 70.6 Å². The maximum Gasteiger partial charge on any atom is 0.472 e. The lowest BCUT2D eigenvalue weighted by Gasteiger charge is -2.24. The van der Waals surface area contributed by atoms with Crippen molar-refractivity contribution in [1.29, 1.82) is 0 Å². The maximum atomic E-state index is 12.7. The highest BCUT2D eigenvalue weighted by molar-refractivity contribution is 7.47. The highest BCUT2D eigenvalue weighted by Gasteiger charge is 2.36. The van der Waals surface area contributed by atoms with Gasteiger partial charge in [-0.2, -0.15) is 0 Å². The number of phosphoric acid groups is 1. The number of quaternary nitrogens is 1. The van der Waals surface area contributed by atoms with Gasteiger partial charge in [-0.1, -0.05) is 134 Å². The normalized spacial score (nSPS) is 17.4. The van der Waals surface area contributed by atoms with Crippen molar-refractivity contribution in [2.45, 2.75) is 199 Å². The van der Waals surface area contributed by atoms with Crippen LogP contribution < -0.4 is 0 Å². The van der Waals surface area contributed by atoms with E-state index in [9.17, 15) is 19.0 Å². The third-order valence-electron chi connectivity index (χ3n) is 10.1. The number of likely N-dealkylation sites (N-methyl/N-ethyl adjacent to an activating group) is 1. The fourth-order valence-corrected chi connectivity index (χ4v) is 7.09. The zero-order valence-electron chi connectivity index (χ0n) is 37.0. The lowest BCUT2D eigenvalue weighted by Crippen LogP contribution is -2.37. The van der Waals surface area contributed by atoms with Crippen LogP contribution >= 0.6 is 7.82 Å². The second-order valence-electron chi connectivity index (χ2n) is 16.8. The van der Waals surface area contributed by atoms with Gasteiger partial charge in [0.15, 0.2) is 6.10 Å². The molecule has 0 aromatic carbocycles. The number of unbranched alkanes of at least 4 members (excludes halogenated alkanes) is 17. The smallest absolute Gasteiger partial charge is 0.462 e. The third kappa shape index (κ3) is 35.8. The summed E-state index contributed by atoms with van der Waals surface area (Å²) in [5.41, 5.74) is 0. The molecule has 1 saturated heterocycles. The van der Waals surface area contributed by atoms with E-state index in [4.69, 9.17) is 23.3 Å². The standard InChI is InChI=1S/C46H84NO9P/c1-6-8-10-11-12-13-14-15-16-17-18-19-20-21-26-29-33-37-46(49)55-42(41-54-57(50,51)53-39-38-47(3,4)5)40-52-45(48)36-32-28-25-23-22-24-27-31-35-44-43(56-44)34-30-9-7-2/h12-13,15-16,27,31,42-44H,6-11,14,17-26,28-30,32-41H2,1-5H3/p+1/b13-12-,16-15-,31-27-/t42-,43?,44?/m1/s1. The highest BCUT2D eigenvalue weighted by Crippen LogP contribution is 2.43. The zero-order chi connectivity index (χ0) is 41.9. The minimum atomic E-state index is -4.38. The fraction of sp³-hybridized carbons (Fsp3) is 0.826. The summed E-state index contributed by atoms with van der Waals surface area (Å²) in [6.45, 7) is 4.33. The van der Waals surface area contributed by atoms with Crippen LogP contribution in [0.5, 0.6) is 0 Å². The number of rotatable bonds is 40. The molecule has 3 unspecified atom stereocenters. The van der Waals surface area contributed by atoms with Gasteiger partial charge in [-0.25, -0.2) is 4.57 Å². The number of hydrogen-bond donors (Lipinski definition) is 1. The Kier molecular flexibility index (Phi) is 32.7. The van der Waals surface area contributed by atoms with Gasteiger partial charge in [0.1, 0.15) is 19.8 Å². The lowest BCUT2D eigenvalue weighted by molar-refractivity contribution is -0.870. The van der Waals surface area contributed by atoms with E-state index in [2.05, 4.69) is 50.3 Å². The number of carbonyl (C=O) groups excluding carboxylic acids is 2. The highest BCUT2D eigenvalue weighted by atomic mass is 31.2. The first-order chi connectivity index (χ1) is 27.5. The molecule has 4 atom stereocenters. The summed E-state index contributed by atoms with van der Waals surface area (Å²) < 4.78 is 40.1. The molecule has 1 N–H and O–H groups in total. The minimum absolute atomic E-state index is 0.0249. The van der Waals surface area contributed by atoms with Crippen molar-refractivity contribution in [1.82, 2.24) is 0 Å². The summed E-state index contributed by atoms with van der Waals surface area (Å²) >= 11 is 0. The SMILES string of the molecule is CCCCC/C=C\C/C=C\CCCCCCCCCC(=O)O[C@H](COC(=O)CCCCCCC/C=C\CC1OC1CCCCC)COP(=O)(O)OCC[N+](C)(C)C. The van der Waals surface area contributed by atoms with Crippen molar-refractivity contribution < 1.29 is 46.8 Å². The second kappa shape index (κ2) is 35.0. The van der Waals surface area contributed by atoms with Crippen LogP contribution in [-0.2, 0) is 37.4 Å². The van der Waals surface area contributed by atoms with E-state index in [0.29, 0.717) is 36.1 Å². The molecule has 1 heterocycles. The molecule has 0 bridgehead atoms. The number of phosphoric ester groups is 1. The van der Waals surface area contributed by atoms with E-state index in [0.717, 1.165) is 70.6 Å². The molecule has 0 saturated carbocycles. The fourth-order valence-electron chi connectivity index (χ4n) is 6.34. The maximum absolute atomic E-state index is 12.7. The summed E-state index contributed by atoms with van der Waals surface area (Å²) in [6, 6.07) is 0. The van der Waals surface area contributed by atoms with E-state index in [1.54, 1.807) is 0 Å².